The number of amides is 2. The van der Waals surface area contributed by atoms with Crippen molar-refractivity contribution in [1.29, 1.82) is 0 Å². The molecule has 0 unspecified atom stereocenters. The number of hydrogen-bond donors (Lipinski definition) is 3. The number of nitrogens with zero attached hydrogens (tertiary/aromatic N) is 2. The number of halogens is 1. The maximum Gasteiger partial charge on any atom is 0.355 e. The standard InChI is InChI=1S/C12H17FN4O3/c1-12(2,19)7-20-10-6-8(13)4-5-9(10)17-11(18)16(3)14-15-17/h4-6,14-15,19H,7H2,1-3H3. The Labute approximate surface area is 115 Å². The maximum atomic E-state index is 13.3. The van der Waals surface area contributed by atoms with Crippen molar-refractivity contribution < 1.29 is 19.0 Å². The molecule has 1 aromatic carbocycles. The second kappa shape index (κ2) is 5.23. The highest BCUT2D eigenvalue weighted by Gasteiger charge is 2.29. The number of carbonyl (C=O) groups excluding carboxylic acids is 1. The molecule has 110 valence electrons. The number of hydrogen-bond acceptors (Lipinski definition) is 5. The highest BCUT2D eigenvalue weighted by molar-refractivity contribution is 5.93. The highest BCUT2D eigenvalue weighted by Crippen LogP contribution is 2.30. The van der Waals surface area contributed by atoms with E-state index in [4.69, 9.17) is 4.74 Å². The molecule has 2 amide bonds. The van der Waals surface area contributed by atoms with E-state index in [1.807, 2.05) is 0 Å². The SMILES string of the molecule is CN1NNN(c2ccc(F)cc2OCC(C)(C)O)C1=O. The van der Waals surface area contributed by atoms with Crippen molar-refractivity contribution in [3.8, 4) is 5.75 Å². The third-order valence-electron chi connectivity index (χ3n) is 2.55. The number of benzene rings is 1. The summed E-state index contributed by atoms with van der Waals surface area (Å²) in [5.41, 5.74) is 4.49. The summed E-state index contributed by atoms with van der Waals surface area (Å²) < 4.78 is 18.7. The van der Waals surface area contributed by atoms with Gasteiger partial charge in [0.15, 0.2) is 0 Å². The molecule has 20 heavy (non-hydrogen) atoms. The number of carbonyl (C=O) groups is 1. The molecule has 0 spiro atoms. The predicted octanol–water partition coefficient (Wildman–Crippen LogP) is 0.771. The Morgan fingerprint density at radius 1 is 1.40 bits per heavy atom. The highest BCUT2D eigenvalue weighted by atomic mass is 19.1. The van der Waals surface area contributed by atoms with Crippen molar-refractivity contribution in [2.75, 3.05) is 18.7 Å². The van der Waals surface area contributed by atoms with Crippen LogP contribution in [-0.4, -0.2) is 35.4 Å². The van der Waals surface area contributed by atoms with E-state index < -0.39 is 11.4 Å². The summed E-state index contributed by atoms with van der Waals surface area (Å²) >= 11 is 0. The summed E-state index contributed by atoms with van der Waals surface area (Å²) in [5, 5.41) is 12.1. The van der Waals surface area contributed by atoms with Gasteiger partial charge in [-0.15, -0.1) is 11.1 Å². The summed E-state index contributed by atoms with van der Waals surface area (Å²) in [5.74, 6) is -0.336. The minimum absolute atomic E-state index is 0.0330. The fourth-order valence-corrected chi connectivity index (χ4v) is 1.58. The lowest BCUT2D eigenvalue weighted by Gasteiger charge is -2.22. The van der Waals surface area contributed by atoms with Crippen molar-refractivity contribution >= 4 is 11.7 Å². The quantitative estimate of drug-likeness (QED) is 0.761. The molecule has 0 atom stereocenters. The van der Waals surface area contributed by atoms with Crippen LogP contribution < -0.4 is 20.8 Å². The van der Waals surface area contributed by atoms with Gasteiger partial charge < -0.3 is 9.84 Å². The van der Waals surface area contributed by atoms with Crippen LogP contribution in [0.25, 0.3) is 0 Å². The van der Waals surface area contributed by atoms with E-state index in [2.05, 4.69) is 11.1 Å². The summed E-state index contributed by atoms with van der Waals surface area (Å²) in [6, 6.07) is 3.43. The molecule has 0 bridgehead atoms. The normalized spacial score (nSPS) is 15.9. The van der Waals surface area contributed by atoms with Crippen LogP contribution in [0.2, 0.25) is 0 Å². The van der Waals surface area contributed by atoms with Crippen molar-refractivity contribution in [2.24, 2.45) is 0 Å². The molecule has 0 aliphatic carbocycles. The molecule has 1 fully saturated rings. The van der Waals surface area contributed by atoms with Crippen molar-refractivity contribution in [3.05, 3.63) is 24.0 Å². The zero-order valence-corrected chi connectivity index (χ0v) is 11.5. The molecular formula is C12H17FN4O3. The van der Waals surface area contributed by atoms with Crippen LogP contribution in [0.3, 0.4) is 0 Å². The summed E-state index contributed by atoms with van der Waals surface area (Å²) in [6.07, 6.45) is 0. The van der Waals surface area contributed by atoms with E-state index >= 15 is 0 Å². The second-order valence-corrected chi connectivity index (χ2v) is 5.11. The van der Waals surface area contributed by atoms with Gasteiger partial charge in [0.05, 0.1) is 5.60 Å². The van der Waals surface area contributed by atoms with Crippen LogP contribution in [0.1, 0.15) is 13.8 Å². The number of ether oxygens (including phenoxy) is 1. The third kappa shape index (κ3) is 3.16. The second-order valence-electron chi connectivity index (χ2n) is 5.11. The van der Waals surface area contributed by atoms with E-state index in [9.17, 15) is 14.3 Å². The number of anilines is 1. The molecule has 8 heteroatoms. The fraction of sp³-hybridized carbons (Fsp3) is 0.417. The molecule has 1 aromatic rings. The molecule has 1 heterocycles. The molecule has 1 saturated heterocycles. The van der Waals surface area contributed by atoms with E-state index in [0.29, 0.717) is 5.69 Å². The van der Waals surface area contributed by atoms with Gasteiger partial charge in [-0.3, -0.25) is 0 Å². The molecular weight excluding hydrogens is 267 g/mol. The Morgan fingerprint density at radius 2 is 2.10 bits per heavy atom. The van der Waals surface area contributed by atoms with Crippen molar-refractivity contribution in [3.63, 3.8) is 0 Å². The largest absolute Gasteiger partial charge is 0.488 e. The number of hydrazine groups is 3. The van der Waals surface area contributed by atoms with Crippen LogP contribution in [-0.2, 0) is 0 Å². The van der Waals surface area contributed by atoms with Gasteiger partial charge in [-0.1, -0.05) is 0 Å². The van der Waals surface area contributed by atoms with Crippen LogP contribution in [0, 0.1) is 5.82 Å². The van der Waals surface area contributed by atoms with E-state index in [1.54, 1.807) is 13.8 Å². The van der Waals surface area contributed by atoms with Gasteiger partial charge in [-0.25, -0.2) is 19.2 Å². The van der Waals surface area contributed by atoms with Crippen molar-refractivity contribution in [2.45, 2.75) is 19.4 Å². The van der Waals surface area contributed by atoms with Crippen LogP contribution in [0.4, 0.5) is 14.9 Å². The zero-order valence-electron chi connectivity index (χ0n) is 11.5. The number of urea groups is 1. The third-order valence-corrected chi connectivity index (χ3v) is 2.55. The smallest absolute Gasteiger partial charge is 0.355 e. The molecule has 7 nitrogen and oxygen atoms in total. The lowest BCUT2D eigenvalue weighted by Crippen LogP contribution is -2.38. The lowest BCUT2D eigenvalue weighted by atomic mass is 10.2. The molecule has 0 saturated carbocycles. The molecule has 2 rings (SSSR count). The van der Waals surface area contributed by atoms with Crippen molar-refractivity contribution in [1.82, 2.24) is 16.1 Å². The predicted molar refractivity (Wildman–Crippen MR) is 70.1 cm³/mol. The van der Waals surface area contributed by atoms with Crippen LogP contribution >= 0.6 is 0 Å². The minimum Gasteiger partial charge on any atom is -0.488 e. The lowest BCUT2D eigenvalue weighted by molar-refractivity contribution is 0.0285. The maximum absolute atomic E-state index is 13.3. The minimum atomic E-state index is -1.07. The van der Waals surface area contributed by atoms with E-state index in [-0.39, 0.29) is 18.4 Å². The van der Waals surface area contributed by atoms with Gasteiger partial charge >= 0.3 is 6.03 Å². The van der Waals surface area contributed by atoms with Gasteiger partial charge in [0.1, 0.15) is 23.9 Å². The summed E-state index contributed by atoms with van der Waals surface area (Å²) in [7, 11) is 1.54. The molecule has 3 N–H and O–H groups in total. The van der Waals surface area contributed by atoms with Gasteiger partial charge in [-0.2, -0.15) is 0 Å². The summed E-state index contributed by atoms with van der Waals surface area (Å²) in [4.78, 5) is 11.9. The number of aliphatic hydroxyl groups is 1. The molecule has 0 radical (unpaired) electrons. The van der Waals surface area contributed by atoms with E-state index in [1.165, 1.54) is 29.2 Å². The Kier molecular flexibility index (Phi) is 3.80. The van der Waals surface area contributed by atoms with Gasteiger partial charge in [0.2, 0.25) is 0 Å². The number of nitrogens with one attached hydrogen (secondary N) is 2. The van der Waals surface area contributed by atoms with Gasteiger partial charge in [-0.05, 0) is 26.0 Å². The first-order valence-corrected chi connectivity index (χ1v) is 6.02. The average Bonchev–Trinajstić information content (AvgIpc) is 2.67. The Balaban J connectivity index is 2.26. The van der Waals surface area contributed by atoms with Crippen LogP contribution in [0.15, 0.2) is 18.2 Å². The Bertz CT molecular complexity index is 518. The zero-order chi connectivity index (χ0) is 14.9. The Morgan fingerprint density at radius 3 is 2.65 bits per heavy atom. The first kappa shape index (κ1) is 14.5. The average molecular weight is 284 g/mol. The molecule has 0 aromatic heterocycles. The first-order valence-electron chi connectivity index (χ1n) is 6.02. The monoisotopic (exact) mass is 284 g/mol. The van der Waals surface area contributed by atoms with Gasteiger partial charge in [0, 0.05) is 13.1 Å². The molecule has 1 aliphatic heterocycles. The van der Waals surface area contributed by atoms with Gasteiger partial charge in [0.25, 0.3) is 0 Å². The van der Waals surface area contributed by atoms with E-state index in [0.717, 1.165) is 6.07 Å². The summed E-state index contributed by atoms with van der Waals surface area (Å²) in [6.45, 7) is 3.11. The molecule has 1 aliphatic rings. The van der Waals surface area contributed by atoms with Crippen LogP contribution in [0.5, 0.6) is 5.75 Å². The fourth-order valence-electron chi connectivity index (χ4n) is 1.58. The first-order chi connectivity index (χ1) is 9.28. The Hall–Kier alpha value is -1.90. The number of rotatable bonds is 4. The topological polar surface area (TPSA) is 77.1 Å².